The van der Waals surface area contributed by atoms with Crippen molar-refractivity contribution in [2.75, 3.05) is 13.7 Å². The Morgan fingerprint density at radius 3 is 2.41 bits per heavy atom. The van der Waals surface area contributed by atoms with Gasteiger partial charge in [-0.25, -0.2) is 0 Å². The van der Waals surface area contributed by atoms with Gasteiger partial charge in [-0.3, -0.25) is 0 Å². The smallest absolute Gasteiger partial charge is 0.122 e. The van der Waals surface area contributed by atoms with E-state index in [1.165, 1.54) is 11.1 Å². The number of aryl methyl sites for hydroxylation is 1. The van der Waals surface area contributed by atoms with Crippen molar-refractivity contribution in [3.8, 4) is 11.5 Å². The number of methoxy groups -OCH3 is 1. The van der Waals surface area contributed by atoms with E-state index in [1.807, 2.05) is 30.3 Å². The van der Waals surface area contributed by atoms with E-state index in [4.69, 9.17) is 9.47 Å². The molecular formula is C19H25NO2. The maximum Gasteiger partial charge on any atom is 0.122 e. The van der Waals surface area contributed by atoms with Gasteiger partial charge < -0.3 is 14.8 Å². The maximum atomic E-state index is 6.09. The Morgan fingerprint density at radius 1 is 1.05 bits per heavy atom. The van der Waals surface area contributed by atoms with Gasteiger partial charge in [0.2, 0.25) is 0 Å². The van der Waals surface area contributed by atoms with E-state index in [9.17, 15) is 0 Å². The van der Waals surface area contributed by atoms with Gasteiger partial charge in [-0.15, -0.1) is 0 Å². The first-order valence-electron chi connectivity index (χ1n) is 7.79. The van der Waals surface area contributed by atoms with Crippen LogP contribution in [0.1, 0.15) is 24.5 Å². The molecule has 0 bridgehead atoms. The zero-order valence-electron chi connectivity index (χ0n) is 13.6. The molecule has 0 amide bonds. The standard InChI is InChI=1S/C19H25NO2/c1-4-17(22-19-8-6-5-7-15(19)2)14-20-13-16-9-11-18(21-3)12-10-16/h5-12,17,20H,4,13-14H2,1-3H3. The lowest BCUT2D eigenvalue weighted by atomic mass is 10.2. The third kappa shape index (κ3) is 4.78. The van der Waals surface area contributed by atoms with E-state index in [0.29, 0.717) is 0 Å². The fourth-order valence-electron chi connectivity index (χ4n) is 2.26. The topological polar surface area (TPSA) is 30.5 Å². The number of hydrogen-bond acceptors (Lipinski definition) is 3. The molecule has 1 unspecified atom stereocenters. The van der Waals surface area contributed by atoms with Gasteiger partial charge >= 0.3 is 0 Å². The second-order valence-electron chi connectivity index (χ2n) is 5.39. The fraction of sp³-hybridized carbons (Fsp3) is 0.368. The van der Waals surface area contributed by atoms with Crippen molar-refractivity contribution in [1.29, 1.82) is 0 Å². The molecule has 0 saturated carbocycles. The fourth-order valence-corrected chi connectivity index (χ4v) is 2.26. The summed E-state index contributed by atoms with van der Waals surface area (Å²) in [6.45, 7) is 5.89. The van der Waals surface area contributed by atoms with Crippen LogP contribution in [0.15, 0.2) is 48.5 Å². The number of para-hydroxylation sites is 1. The highest BCUT2D eigenvalue weighted by molar-refractivity contribution is 5.32. The van der Waals surface area contributed by atoms with Crippen LogP contribution in [-0.4, -0.2) is 19.8 Å². The van der Waals surface area contributed by atoms with Crippen LogP contribution in [0.3, 0.4) is 0 Å². The summed E-state index contributed by atoms with van der Waals surface area (Å²) in [4.78, 5) is 0. The molecule has 0 aliphatic carbocycles. The number of benzene rings is 2. The van der Waals surface area contributed by atoms with Crippen molar-refractivity contribution < 1.29 is 9.47 Å². The van der Waals surface area contributed by atoms with Gasteiger partial charge in [0.05, 0.1) is 7.11 Å². The van der Waals surface area contributed by atoms with Crippen LogP contribution in [0.4, 0.5) is 0 Å². The predicted octanol–water partition coefficient (Wildman–Crippen LogP) is 3.95. The molecule has 0 fully saturated rings. The Balaban J connectivity index is 1.82. The van der Waals surface area contributed by atoms with Crippen LogP contribution in [0, 0.1) is 6.92 Å². The maximum absolute atomic E-state index is 6.09. The van der Waals surface area contributed by atoms with Gasteiger partial charge in [0.1, 0.15) is 17.6 Å². The summed E-state index contributed by atoms with van der Waals surface area (Å²) < 4.78 is 11.3. The first-order valence-corrected chi connectivity index (χ1v) is 7.79. The molecule has 0 aromatic heterocycles. The predicted molar refractivity (Wildman–Crippen MR) is 90.6 cm³/mol. The molecule has 0 radical (unpaired) electrons. The molecule has 2 aromatic rings. The summed E-state index contributed by atoms with van der Waals surface area (Å²) in [5, 5.41) is 3.46. The van der Waals surface area contributed by atoms with Crippen LogP contribution in [-0.2, 0) is 6.54 Å². The molecule has 118 valence electrons. The third-order valence-corrected chi connectivity index (χ3v) is 3.70. The molecular weight excluding hydrogens is 274 g/mol. The molecule has 0 spiro atoms. The van der Waals surface area contributed by atoms with Gasteiger partial charge in [-0.05, 0) is 42.7 Å². The van der Waals surface area contributed by atoms with Crippen LogP contribution >= 0.6 is 0 Å². The Kier molecular flexibility index (Phi) is 6.28. The molecule has 1 N–H and O–H groups in total. The van der Waals surface area contributed by atoms with Crippen LogP contribution in [0.2, 0.25) is 0 Å². The summed E-state index contributed by atoms with van der Waals surface area (Å²) >= 11 is 0. The van der Waals surface area contributed by atoms with Gasteiger partial charge in [0.25, 0.3) is 0 Å². The van der Waals surface area contributed by atoms with Crippen LogP contribution in [0.5, 0.6) is 11.5 Å². The van der Waals surface area contributed by atoms with Crippen LogP contribution in [0.25, 0.3) is 0 Å². The minimum Gasteiger partial charge on any atom is -0.497 e. The normalized spacial score (nSPS) is 12.0. The molecule has 0 aliphatic heterocycles. The number of rotatable bonds is 8. The lowest BCUT2D eigenvalue weighted by molar-refractivity contribution is 0.192. The van der Waals surface area contributed by atoms with E-state index in [0.717, 1.165) is 31.0 Å². The average molecular weight is 299 g/mol. The zero-order chi connectivity index (χ0) is 15.8. The van der Waals surface area contributed by atoms with E-state index < -0.39 is 0 Å². The Bertz CT molecular complexity index is 566. The van der Waals surface area contributed by atoms with Crippen molar-refractivity contribution in [1.82, 2.24) is 5.32 Å². The first kappa shape index (κ1) is 16.4. The Morgan fingerprint density at radius 2 is 1.77 bits per heavy atom. The number of ether oxygens (including phenoxy) is 2. The van der Waals surface area contributed by atoms with E-state index in [1.54, 1.807) is 7.11 Å². The van der Waals surface area contributed by atoms with E-state index in [2.05, 4.69) is 37.4 Å². The largest absolute Gasteiger partial charge is 0.497 e. The molecule has 2 rings (SSSR count). The third-order valence-electron chi connectivity index (χ3n) is 3.70. The minimum absolute atomic E-state index is 0.180. The summed E-state index contributed by atoms with van der Waals surface area (Å²) in [7, 11) is 1.68. The minimum atomic E-state index is 0.180. The van der Waals surface area contributed by atoms with E-state index in [-0.39, 0.29) is 6.10 Å². The first-order chi connectivity index (χ1) is 10.7. The summed E-state index contributed by atoms with van der Waals surface area (Å²) in [5.74, 6) is 1.86. The molecule has 0 aliphatic rings. The summed E-state index contributed by atoms with van der Waals surface area (Å²) in [6.07, 6.45) is 1.16. The van der Waals surface area contributed by atoms with Crippen molar-refractivity contribution in [2.24, 2.45) is 0 Å². The van der Waals surface area contributed by atoms with Crippen molar-refractivity contribution >= 4 is 0 Å². The van der Waals surface area contributed by atoms with Crippen LogP contribution < -0.4 is 14.8 Å². The monoisotopic (exact) mass is 299 g/mol. The van der Waals surface area contributed by atoms with Crippen molar-refractivity contribution in [3.63, 3.8) is 0 Å². The lowest BCUT2D eigenvalue weighted by Gasteiger charge is -2.19. The quantitative estimate of drug-likeness (QED) is 0.800. The van der Waals surface area contributed by atoms with Crippen molar-refractivity contribution in [3.05, 3.63) is 59.7 Å². The highest BCUT2D eigenvalue weighted by Crippen LogP contribution is 2.18. The molecule has 0 saturated heterocycles. The van der Waals surface area contributed by atoms with E-state index >= 15 is 0 Å². The SMILES string of the molecule is CCC(CNCc1ccc(OC)cc1)Oc1ccccc1C. The molecule has 3 heteroatoms. The lowest BCUT2D eigenvalue weighted by Crippen LogP contribution is -2.30. The molecule has 3 nitrogen and oxygen atoms in total. The van der Waals surface area contributed by atoms with Crippen molar-refractivity contribution in [2.45, 2.75) is 32.9 Å². The molecule has 0 heterocycles. The molecule has 22 heavy (non-hydrogen) atoms. The number of nitrogens with one attached hydrogen (secondary N) is 1. The molecule has 2 aromatic carbocycles. The highest BCUT2D eigenvalue weighted by atomic mass is 16.5. The molecule has 1 atom stereocenters. The average Bonchev–Trinajstić information content (AvgIpc) is 2.56. The summed E-state index contributed by atoms with van der Waals surface area (Å²) in [6, 6.07) is 16.3. The van der Waals surface area contributed by atoms with Gasteiger partial charge in [-0.1, -0.05) is 37.3 Å². The highest BCUT2D eigenvalue weighted by Gasteiger charge is 2.09. The van der Waals surface area contributed by atoms with Gasteiger partial charge in [-0.2, -0.15) is 0 Å². The van der Waals surface area contributed by atoms with Gasteiger partial charge in [0, 0.05) is 13.1 Å². The Hall–Kier alpha value is -2.00. The number of hydrogen-bond donors (Lipinski definition) is 1. The Labute approximate surface area is 133 Å². The second kappa shape index (κ2) is 8.44. The zero-order valence-corrected chi connectivity index (χ0v) is 13.6. The summed E-state index contributed by atoms with van der Waals surface area (Å²) in [5.41, 5.74) is 2.42. The second-order valence-corrected chi connectivity index (χ2v) is 5.39. The van der Waals surface area contributed by atoms with Gasteiger partial charge in [0.15, 0.2) is 0 Å².